The molecule has 0 saturated heterocycles. The molecule has 0 bridgehead atoms. The SMILES string of the molecule is C[C@H](c1nc2ccccc2s1)N(C)C(=O)/C=C/c1ccccc1. The molecule has 0 fully saturated rings. The average Bonchev–Trinajstić information content (AvgIpc) is 3.03. The predicted molar refractivity (Wildman–Crippen MR) is 96.3 cm³/mol. The van der Waals surface area contributed by atoms with Crippen molar-refractivity contribution < 1.29 is 4.79 Å². The molecule has 0 N–H and O–H groups in total. The molecule has 1 aromatic heterocycles. The van der Waals surface area contributed by atoms with E-state index in [9.17, 15) is 4.79 Å². The molecule has 116 valence electrons. The molecule has 0 radical (unpaired) electrons. The molecule has 3 rings (SSSR count). The molecule has 1 atom stereocenters. The largest absolute Gasteiger partial charge is 0.333 e. The first-order valence-corrected chi connectivity index (χ1v) is 8.32. The number of nitrogens with zero attached hydrogens (tertiary/aromatic N) is 2. The van der Waals surface area contributed by atoms with Crippen LogP contribution in [0, 0.1) is 0 Å². The summed E-state index contributed by atoms with van der Waals surface area (Å²) in [5, 5.41) is 0.954. The molecule has 1 amide bonds. The highest BCUT2D eigenvalue weighted by atomic mass is 32.1. The number of carbonyl (C=O) groups is 1. The van der Waals surface area contributed by atoms with Gasteiger partial charge in [0.1, 0.15) is 5.01 Å². The maximum Gasteiger partial charge on any atom is 0.246 e. The Hall–Kier alpha value is -2.46. The zero-order valence-electron chi connectivity index (χ0n) is 13.1. The van der Waals surface area contributed by atoms with E-state index in [1.54, 1.807) is 22.3 Å². The first kappa shape index (κ1) is 15.4. The summed E-state index contributed by atoms with van der Waals surface area (Å²) in [5.41, 5.74) is 2.00. The van der Waals surface area contributed by atoms with E-state index < -0.39 is 0 Å². The highest BCUT2D eigenvalue weighted by Gasteiger charge is 2.19. The van der Waals surface area contributed by atoms with Gasteiger partial charge in [0.05, 0.1) is 16.3 Å². The maximum atomic E-state index is 12.4. The zero-order valence-corrected chi connectivity index (χ0v) is 14.0. The van der Waals surface area contributed by atoms with Gasteiger partial charge in [-0.3, -0.25) is 4.79 Å². The summed E-state index contributed by atoms with van der Waals surface area (Å²) in [6, 6.07) is 17.8. The molecule has 0 saturated carbocycles. The van der Waals surface area contributed by atoms with Crippen LogP contribution in [0.2, 0.25) is 0 Å². The minimum Gasteiger partial charge on any atom is -0.333 e. The second kappa shape index (κ2) is 6.75. The van der Waals surface area contributed by atoms with E-state index in [1.165, 1.54) is 0 Å². The van der Waals surface area contributed by atoms with Gasteiger partial charge in [-0.2, -0.15) is 0 Å². The quantitative estimate of drug-likeness (QED) is 0.661. The third-order valence-corrected chi connectivity index (χ3v) is 5.02. The molecule has 3 aromatic rings. The first-order chi connectivity index (χ1) is 11.1. The van der Waals surface area contributed by atoms with Gasteiger partial charge in [0.15, 0.2) is 0 Å². The highest BCUT2D eigenvalue weighted by molar-refractivity contribution is 7.18. The Morgan fingerprint density at radius 2 is 1.83 bits per heavy atom. The van der Waals surface area contributed by atoms with Crippen LogP contribution in [0.15, 0.2) is 60.7 Å². The summed E-state index contributed by atoms with van der Waals surface area (Å²) >= 11 is 1.64. The van der Waals surface area contributed by atoms with Crippen molar-refractivity contribution in [3.8, 4) is 0 Å². The molecule has 0 unspecified atom stereocenters. The van der Waals surface area contributed by atoms with Crippen LogP contribution in [-0.2, 0) is 4.79 Å². The average molecular weight is 322 g/mol. The molecule has 4 heteroatoms. The van der Waals surface area contributed by atoms with Crippen molar-refractivity contribution >= 4 is 33.5 Å². The molecular formula is C19H18N2OS. The normalized spacial score (nSPS) is 12.6. The Kier molecular flexibility index (Phi) is 4.53. The smallest absolute Gasteiger partial charge is 0.246 e. The number of rotatable bonds is 4. The van der Waals surface area contributed by atoms with E-state index in [0.29, 0.717) is 0 Å². The van der Waals surface area contributed by atoms with Crippen LogP contribution in [0.3, 0.4) is 0 Å². The summed E-state index contributed by atoms with van der Waals surface area (Å²) in [5.74, 6) is -0.0272. The lowest BCUT2D eigenvalue weighted by Gasteiger charge is -2.21. The van der Waals surface area contributed by atoms with Crippen molar-refractivity contribution in [3.05, 3.63) is 71.2 Å². The van der Waals surface area contributed by atoms with Gasteiger partial charge >= 0.3 is 0 Å². The summed E-state index contributed by atoms with van der Waals surface area (Å²) in [6.45, 7) is 2.01. The van der Waals surface area contributed by atoms with Crippen molar-refractivity contribution in [2.24, 2.45) is 0 Å². The molecule has 23 heavy (non-hydrogen) atoms. The Labute approximate surface area is 139 Å². The molecule has 1 heterocycles. The number of fused-ring (bicyclic) bond motifs is 1. The fourth-order valence-electron chi connectivity index (χ4n) is 2.27. The van der Waals surface area contributed by atoms with E-state index in [0.717, 1.165) is 20.8 Å². The van der Waals surface area contributed by atoms with Gasteiger partial charge < -0.3 is 4.90 Å². The van der Waals surface area contributed by atoms with Crippen LogP contribution in [0.1, 0.15) is 23.5 Å². The fraction of sp³-hybridized carbons (Fsp3) is 0.158. The molecule has 2 aromatic carbocycles. The van der Waals surface area contributed by atoms with Crippen LogP contribution in [0.25, 0.3) is 16.3 Å². The standard InChI is InChI=1S/C19H18N2OS/c1-14(19-20-16-10-6-7-11-17(16)23-19)21(2)18(22)13-12-15-8-4-3-5-9-15/h3-14H,1-2H3/b13-12+/t14-/m1/s1. The molecular weight excluding hydrogens is 304 g/mol. The van der Waals surface area contributed by atoms with Crippen LogP contribution in [-0.4, -0.2) is 22.8 Å². The Bertz CT molecular complexity index is 806. The second-order valence-corrected chi connectivity index (χ2v) is 6.45. The third-order valence-electron chi connectivity index (χ3n) is 3.81. The second-order valence-electron chi connectivity index (χ2n) is 5.39. The Morgan fingerprint density at radius 3 is 2.57 bits per heavy atom. The molecule has 0 aliphatic heterocycles. The lowest BCUT2D eigenvalue weighted by atomic mass is 10.2. The van der Waals surface area contributed by atoms with E-state index in [2.05, 4.69) is 11.1 Å². The summed E-state index contributed by atoms with van der Waals surface area (Å²) in [4.78, 5) is 18.7. The van der Waals surface area contributed by atoms with Gasteiger partial charge in [0, 0.05) is 13.1 Å². The summed E-state index contributed by atoms with van der Waals surface area (Å²) in [7, 11) is 1.81. The number of hydrogen-bond acceptors (Lipinski definition) is 3. The number of amides is 1. The zero-order chi connectivity index (χ0) is 16.2. The summed E-state index contributed by atoms with van der Waals surface area (Å²) < 4.78 is 1.15. The Balaban J connectivity index is 1.74. The van der Waals surface area contributed by atoms with E-state index in [4.69, 9.17) is 0 Å². The number of para-hydroxylation sites is 1. The van der Waals surface area contributed by atoms with Gasteiger partial charge in [-0.25, -0.2) is 4.98 Å². The number of carbonyl (C=O) groups excluding carboxylic acids is 1. The van der Waals surface area contributed by atoms with E-state index >= 15 is 0 Å². The van der Waals surface area contributed by atoms with Gasteiger partial charge in [0.2, 0.25) is 5.91 Å². The van der Waals surface area contributed by atoms with Crippen molar-refractivity contribution in [3.63, 3.8) is 0 Å². The molecule has 3 nitrogen and oxygen atoms in total. The minimum absolute atomic E-state index is 0.0272. The summed E-state index contributed by atoms with van der Waals surface area (Å²) in [6.07, 6.45) is 3.45. The minimum atomic E-state index is -0.0553. The van der Waals surface area contributed by atoms with Crippen LogP contribution < -0.4 is 0 Å². The monoisotopic (exact) mass is 322 g/mol. The Morgan fingerprint density at radius 1 is 1.13 bits per heavy atom. The predicted octanol–water partition coefficient (Wildman–Crippen LogP) is 4.53. The molecule has 0 spiro atoms. The highest BCUT2D eigenvalue weighted by Crippen LogP contribution is 2.28. The fourth-order valence-corrected chi connectivity index (χ4v) is 3.34. The number of benzene rings is 2. The van der Waals surface area contributed by atoms with Crippen LogP contribution >= 0.6 is 11.3 Å². The van der Waals surface area contributed by atoms with E-state index in [-0.39, 0.29) is 11.9 Å². The lowest BCUT2D eigenvalue weighted by Crippen LogP contribution is -2.27. The molecule has 0 aliphatic carbocycles. The van der Waals surface area contributed by atoms with Gasteiger partial charge in [-0.1, -0.05) is 42.5 Å². The maximum absolute atomic E-state index is 12.4. The number of aromatic nitrogens is 1. The number of thiazole rings is 1. The van der Waals surface area contributed by atoms with E-state index in [1.807, 2.05) is 68.6 Å². The topological polar surface area (TPSA) is 33.2 Å². The van der Waals surface area contributed by atoms with Crippen molar-refractivity contribution in [1.29, 1.82) is 0 Å². The number of likely N-dealkylation sites (N-methyl/N-ethyl adjacent to an activating group) is 1. The van der Waals surface area contributed by atoms with Gasteiger partial charge in [0.25, 0.3) is 0 Å². The van der Waals surface area contributed by atoms with Gasteiger partial charge in [-0.15, -0.1) is 11.3 Å². The van der Waals surface area contributed by atoms with Crippen molar-refractivity contribution in [2.75, 3.05) is 7.05 Å². The van der Waals surface area contributed by atoms with Crippen molar-refractivity contribution in [2.45, 2.75) is 13.0 Å². The van der Waals surface area contributed by atoms with Gasteiger partial charge in [-0.05, 0) is 30.7 Å². The van der Waals surface area contributed by atoms with Crippen molar-refractivity contribution in [1.82, 2.24) is 9.88 Å². The third kappa shape index (κ3) is 3.48. The number of hydrogen-bond donors (Lipinski definition) is 0. The van der Waals surface area contributed by atoms with Crippen LogP contribution in [0.5, 0.6) is 0 Å². The molecule has 0 aliphatic rings. The lowest BCUT2D eigenvalue weighted by molar-refractivity contribution is -0.126. The van der Waals surface area contributed by atoms with Crippen LogP contribution in [0.4, 0.5) is 0 Å². The first-order valence-electron chi connectivity index (χ1n) is 7.50.